The number of rotatable bonds is 10. The highest BCUT2D eigenvalue weighted by atomic mass is 16.1. The molecule has 2 nitrogen and oxygen atoms in total. The molecule has 2 heteroatoms. The third kappa shape index (κ3) is 5.06. The molecular weight excluding hydrogens is 416 g/mol. The van der Waals surface area contributed by atoms with Crippen LogP contribution in [-0.2, 0) is 38.5 Å². The molecule has 3 aromatic rings. The maximum absolute atomic E-state index is 13.5. The van der Waals surface area contributed by atoms with Crippen molar-refractivity contribution in [3.05, 3.63) is 104 Å². The Hall–Kier alpha value is -3.00. The number of hydrogen-bond acceptors (Lipinski definition) is 2. The van der Waals surface area contributed by atoms with E-state index in [2.05, 4.69) is 65.8 Å². The Morgan fingerprint density at radius 1 is 0.471 bits per heavy atom. The van der Waals surface area contributed by atoms with Crippen molar-refractivity contribution in [2.24, 2.45) is 0 Å². The molecule has 3 aromatic carbocycles. The zero-order valence-corrected chi connectivity index (χ0v) is 21.7. The van der Waals surface area contributed by atoms with Crippen LogP contribution in [0, 0.1) is 0 Å². The van der Waals surface area contributed by atoms with Gasteiger partial charge in [-0.2, -0.15) is 0 Å². The van der Waals surface area contributed by atoms with Crippen LogP contribution in [-0.4, -0.2) is 11.6 Å². The van der Waals surface area contributed by atoms with Crippen LogP contribution >= 0.6 is 0 Å². The third-order valence-electron chi connectivity index (χ3n) is 6.93. The molecule has 0 aromatic heterocycles. The fourth-order valence-corrected chi connectivity index (χ4v) is 4.85. The number of carbonyl (C=O) groups excluding carboxylic acids is 2. The van der Waals surface area contributed by atoms with Crippen molar-refractivity contribution in [1.29, 1.82) is 0 Å². The largest absolute Gasteiger partial charge is 0.289 e. The fourth-order valence-electron chi connectivity index (χ4n) is 4.85. The maximum atomic E-state index is 13.5. The van der Waals surface area contributed by atoms with Crippen molar-refractivity contribution in [3.8, 4) is 0 Å². The molecule has 0 aliphatic heterocycles. The third-order valence-corrected chi connectivity index (χ3v) is 6.93. The summed E-state index contributed by atoms with van der Waals surface area (Å²) in [6.45, 7) is 12.7. The highest BCUT2D eigenvalue weighted by Gasteiger charge is 2.21. The van der Waals surface area contributed by atoms with Crippen molar-refractivity contribution in [2.45, 2.75) is 80.1 Å². The second-order valence-electron chi connectivity index (χ2n) is 8.94. The monoisotopic (exact) mass is 454 g/mol. The first kappa shape index (κ1) is 25.6. The van der Waals surface area contributed by atoms with Crippen molar-refractivity contribution < 1.29 is 9.59 Å². The minimum absolute atomic E-state index is 0.0474. The molecule has 0 atom stereocenters. The average Bonchev–Trinajstić information content (AvgIpc) is 2.90. The van der Waals surface area contributed by atoms with E-state index in [0.29, 0.717) is 11.1 Å². The van der Waals surface area contributed by atoms with Crippen molar-refractivity contribution >= 4 is 11.6 Å². The number of aryl methyl sites for hydroxylation is 6. The summed E-state index contributed by atoms with van der Waals surface area (Å²) in [5.74, 6) is 0.0947. The van der Waals surface area contributed by atoms with Crippen LogP contribution in [0.15, 0.2) is 48.5 Å². The van der Waals surface area contributed by atoms with Crippen LogP contribution in [0.5, 0.6) is 0 Å². The lowest BCUT2D eigenvalue weighted by atomic mass is 9.87. The van der Waals surface area contributed by atoms with Crippen LogP contribution in [0.3, 0.4) is 0 Å². The predicted molar refractivity (Wildman–Crippen MR) is 142 cm³/mol. The highest BCUT2D eigenvalue weighted by molar-refractivity contribution is 6.13. The van der Waals surface area contributed by atoms with E-state index in [1.54, 1.807) is 0 Å². The number of hydrogen-bond donors (Lipinski definition) is 0. The van der Waals surface area contributed by atoms with Gasteiger partial charge < -0.3 is 0 Å². The van der Waals surface area contributed by atoms with E-state index >= 15 is 0 Å². The Morgan fingerprint density at radius 2 is 0.735 bits per heavy atom. The first-order valence-electron chi connectivity index (χ1n) is 12.9. The SMILES string of the molecule is CCc1cc(CC)c(C(=O)c2ccc(C(=O)c3c(CC)cc(CC)cc3CC)cc2)c(CC)c1. The first-order chi connectivity index (χ1) is 16.4. The lowest BCUT2D eigenvalue weighted by molar-refractivity contribution is 0.102. The Bertz CT molecular complexity index is 1040. The van der Waals surface area contributed by atoms with Gasteiger partial charge in [0.25, 0.3) is 0 Å². The maximum Gasteiger partial charge on any atom is 0.193 e. The Balaban J connectivity index is 2.00. The summed E-state index contributed by atoms with van der Waals surface area (Å²) in [4.78, 5) is 27.1. The minimum Gasteiger partial charge on any atom is -0.289 e. The van der Waals surface area contributed by atoms with Crippen molar-refractivity contribution in [2.75, 3.05) is 0 Å². The summed E-state index contributed by atoms with van der Waals surface area (Å²) in [6.07, 6.45) is 5.23. The van der Waals surface area contributed by atoms with Crippen LogP contribution in [0.4, 0.5) is 0 Å². The highest BCUT2D eigenvalue weighted by Crippen LogP contribution is 2.26. The molecule has 0 bridgehead atoms. The topological polar surface area (TPSA) is 34.1 Å². The smallest absolute Gasteiger partial charge is 0.193 e. The van der Waals surface area contributed by atoms with E-state index < -0.39 is 0 Å². The summed E-state index contributed by atoms with van der Waals surface area (Å²) >= 11 is 0. The van der Waals surface area contributed by atoms with E-state index in [0.717, 1.165) is 71.9 Å². The molecular formula is C32H38O2. The summed E-state index contributed by atoms with van der Waals surface area (Å²) in [5, 5.41) is 0. The molecule has 0 aliphatic carbocycles. The molecule has 0 saturated carbocycles. The van der Waals surface area contributed by atoms with E-state index in [1.807, 2.05) is 24.3 Å². The standard InChI is InChI=1S/C32H38O2/c1-7-21-17-23(9-3)29(24(10-4)18-21)31(33)27-13-15-28(16-14-27)32(34)30-25(11-5)19-22(8-2)20-26(30)12-6/h13-20H,7-12H2,1-6H3. The van der Waals surface area contributed by atoms with Gasteiger partial charge in [-0.05, 0) is 71.9 Å². The summed E-state index contributed by atoms with van der Waals surface area (Å²) in [6, 6.07) is 16.0. The Kier molecular flexibility index (Phi) is 8.61. The molecule has 0 spiro atoms. The van der Waals surface area contributed by atoms with Gasteiger partial charge in [-0.15, -0.1) is 0 Å². The van der Waals surface area contributed by atoms with Gasteiger partial charge in [0.15, 0.2) is 11.6 Å². The molecule has 178 valence electrons. The molecule has 0 N–H and O–H groups in total. The lowest BCUT2D eigenvalue weighted by Crippen LogP contribution is -2.12. The Labute approximate surface area is 205 Å². The van der Waals surface area contributed by atoms with Crippen molar-refractivity contribution in [1.82, 2.24) is 0 Å². The Morgan fingerprint density at radius 3 is 0.941 bits per heavy atom. The van der Waals surface area contributed by atoms with Crippen LogP contribution in [0.2, 0.25) is 0 Å². The number of ketones is 2. The van der Waals surface area contributed by atoms with Crippen LogP contribution < -0.4 is 0 Å². The van der Waals surface area contributed by atoms with E-state index in [-0.39, 0.29) is 11.6 Å². The summed E-state index contributed by atoms with van der Waals surface area (Å²) < 4.78 is 0. The molecule has 0 aliphatic rings. The second-order valence-corrected chi connectivity index (χ2v) is 8.94. The number of carbonyl (C=O) groups is 2. The predicted octanol–water partition coefficient (Wildman–Crippen LogP) is 7.52. The molecule has 0 radical (unpaired) electrons. The van der Waals surface area contributed by atoms with E-state index in [1.165, 1.54) is 11.1 Å². The van der Waals surface area contributed by atoms with Gasteiger partial charge in [0.2, 0.25) is 0 Å². The summed E-state index contributed by atoms with van der Waals surface area (Å²) in [7, 11) is 0. The van der Waals surface area contributed by atoms with Crippen molar-refractivity contribution in [3.63, 3.8) is 0 Å². The summed E-state index contributed by atoms with van der Waals surface area (Å²) in [5.41, 5.74) is 9.93. The van der Waals surface area contributed by atoms with Gasteiger partial charge in [-0.1, -0.05) is 90.1 Å². The molecule has 0 unspecified atom stereocenters. The van der Waals surface area contributed by atoms with Gasteiger partial charge in [0, 0.05) is 22.3 Å². The van der Waals surface area contributed by atoms with E-state index in [4.69, 9.17) is 0 Å². The van der Waals surface area contributed by atoms with Gasteiger partial charge in [0.05, 0.1) is 0 Å². The quantitative estimate of drug-likeness (QED) is 0.297. The zero-order chi connectivity index (χ0) is 24.8. The van der Waals surface area contributed by atoms with Gasteiger partial charge in [-0.25, -0.2) is 0 Å². The molecule has 0 saturated heterocycles. The molecule has 0 heterocycles. The molecule has 34 heavy (non-hydrogen) atoms. The fraction of sp³-hybridized carbons (Fsp3) is 0.375. The van der Waals surface area contributed by atoms with Crippen LogP contribution in [0.1, 0.15) is 107 Å². The molecule has 0 fully saturated rings. The normalized spacial score (nSPS) is 11.0. The van der Waals surface area contributed by atoms with Gasteiger partial charge in [-0.3, -0.25) is 9.59 Å². The average molecular weight is 455 g/mol. The first-order valence-corrected chi connectivity index (χ1v) is 12.9. The van der Waals surface area contributed by atoms with Crippen LogP contribution in [0.25, 0.3) is 0 Å². The van der Waals surface area contributed by atoms with Gasteiger partial charge >= 0.3 is 0 Å². The number of benzene rings is 3. The van der Waals surface area contributed by atoms with Gasteiger partial charge in [0.1, 0.15) is 0 Å². The molecule has 0 amide bonds. The lowest BCUT2D eigenvalue weighted by Gasteiger charge is -2.16. The minimum atomic E-state index is 0.0474. The second kappa shape index (κ2) is 11.4. The van der Waals surface area contributed by atoms with E-state index in [9.17, 15) is 9.59 Å². The zero-order valence-electron chi connectivity index (χ0n) is 21.7. The molecule has 3 rings (SSSR count).